The molecule has 1 aromatic rings. The number of unbranched alkanes of at least 4 members (excludes halogenated alkanes) is 1. The third-order valence-corrected chi connectivity index (χ3v) is 4.64. The van der Waals surface area contributed by atoms with Gasteiger partial charge in [0.1, 0.15) is 0 Å². The zero-order valence-electron chi connectivity index (χ0n) is 14.0. The Morgan fingerprint density at radius 3 is 2.05 bits per heavy atom. The Balaban J connectivity index is 3.30. The van der Waals surface area contributed by atoms with Crippen molar-refractivity contribution in [1.82, 2.24) is 9.55 Å². The molecular formula is C17H32N2. The van der Waals surface area contributed by atoms with Crippen LogP contribution in [0.2, 0.25) is 0 Å². The fraction of sp³-hybridized carbons (Fsp3) is 0.824. The first-order valence-electron chi connectivity index (χ1n) is 7.86. The maximum Gasteiger partial charge on any atom is 0.0952 e. The number of imidazole rings is 1. The maximum absolute atomic E-state index is 4.79. The number of nitrogens with zero attached hydrogens (tertiary/aromatic N) is 2. The Morgan fingerprint density at radius 1 is 1.00 bits per heavy atom. The monoisotopic (exact) mass is 264 g/mol. The van der Waals surface area contributed by atoms with Gasteiger partial charge in [-0.05, 0) is 19.3 Å². The summed E-state index contributed by atoms with van der Waals surface area (Å²) in [6, 6.07) is 0. The SMILES string of the molecule is CCCCn1cnc(C(C)(C)CC)c1C(C)(C)CC. The van der Waals surface area contributed by atoms with Crippen LogP contribution >= 0.6 is 0 Å². The van der Waals surface area contributed by atoms with Gasteiger partial charge in [-0.2, -0.15) is 0 Å². The molecule has 0 bridgehead atoms. The van der Waals surface area contributed by atoms with Crippen LogP contribution in [0.25, 0.3) is 0 Å². The van der Waals surface area contributed by atoms with Crippen LogP contribution < -0.4 is 0 Å². The third-order valence-electron chi connectivity index (χ3n) is 4.64. The predicted octanol–water partition coefficient (Wildman–Crippen LogP) is 5.06. The van der Waals surface area contributed by atoms with Gasteiger partial charge in [0, 0.05) is 23.1 Å². The van der Waals surface area contributed by atoms with Crippen LogP contribution in [0.1, 0.15) is 85.5 Å². The average Bonchev–Trinajstić information content (AvgIpc) is 2.81. The molecule has 0 saturated heterocycles. The molecule has 1 heterocycles. The van der Waals surface area contributed by atoms with Crippen molar-refractivity contribution in [3.8, 4) is 0 Å². The summed E-state index contributed by atoms with van der Waals surface area (Å²) in [4.78, 5) is 4.79. The highest BCUT2D eigenvalue weighted by molar-refractivity contribution is 5.28. The number of hydrogen-bond donors (Lipinski definition) is 0. The molecule has 0 aromatic carbocycles. The quantitative estimate of drug-likeness (QED) is 0.673. The first-order chi connectivity index (χ1) is 8.80. The summed E-state index contributed by atoms with van der Waals surface area (Å²) >= 11 is 0. The van der Waals surface area contributed by atoms with Gasteiger partial charge in [0.2, 0.25) is 0 Å². The van der Waals surface area contributed by atoms with E-state index in [0.717, 1.165) is 19.4 Å². The number of aromatic nitrogens is 2. The van der Waals surface area contributed by atoms with E-state index in [1.54, 1.807) is 0 Å². The molecule has 0 radical (unpaired) electrons. The van der Waals surface area contributed by atoms with Crippen molar-refractivity contribution in [2.24, 2.45) is 0 Å². The summed E-state index contributed by atoms with van der Waals surface area (Å²) in [5.41, 5.74) is 3.12. The van der Waals surface area contributed by atoms with Crippen molar-refractivity contribution in [2.75, 3.05) is 0 Å². The van der Waals surface area contributed by atoms with E-state index in [2.05, 4.69) is 59.4 Å². The van der Waals surface area contributed by atoms with Gasteiger partial charge < -0.3 is 4.57 Å². The van der Waals surface area contributed by atoms with Gasteiger partial charge >= 0.3 is 0 Å². The Kier molecular flexibility index (Phi) is 5.23. The minimum atomic E-state index is 0.166. The Morgan fingerprint density at radius 2 is 1.58 bits per heavy atom. The normalized spacial score (nSPS) is 13.0. The average molecular weight is 264 g/mol. The van der Waals surface area contributed by atoms with Crippen molar-refractivity contribution in [1.29, 1.82) is 0 Å². The van der Waals surface area contributed by atoms with Gasteiger partial charge in [0.05, 0.1) is 12.0 Å². The van der Waals surface area contributed by atoms with Gasteiger partial charge in [0.15, 0.2) is 0 Å². The molecule has 0 amide bonds. The van der Waals surface area contributed by atoms with E-state index in [1.807, 2.05) is 0 Å². The van der Waals surface area contributed by atoms with Crippen LogP contribution in [-0.4, -0.2) is 9.55 Å². The molecule has 0 atom stereocenters. The lowest BCUT2D eigenvalue weighted by molar-refractivity contribution is 0.419. The highest BCUT2D eigenvalue weighted by Gasteiger charge is 2.33. The van der Waals surface area contributed by atoms with Crippen LogP contribution in [0.4, 0.5) is 0 Å². The van der Waals surface area contributed by atoms with E-state index in [1.165, 1.54) is 24.2 Å². The van der Waals surface area contributed by atoms with Crippen LogP contribution in [0.5, 0.6) is 0 Å². The fourth-order valence-corrected chi connectivity index (χ4v) is 2.42. The van der Waals surface area contributed by atoms with Crippen molar-refractivity contribution in [3.63, 3.8) is 0 Å². The first-order valence-corrected chi connectivity index (χ1v) is 7.86. The smallest absolute Gasteiger partial charge is 0.0952 e. The summed E-state index contributed by atoms with van der Waals surface area (Å²) in [6.45, 7) is 17.2. The third kappa shape index (κ3) is 3.40. The summed E-state index contributed by atoms with van der Waals surface area (Å²) in [6.07, 6.45) is 6.81. The summed E-state index contributed by atoms with van der Waals surface area (Å²) in [5.74, 6) is 0. The zero-order chi connectivity index (χ0) is 14.7. The van der Waals surface area contributed by atoms with E-state index in [0.29, 0.717) is 0 Å². The van der Waals surface area contributed by atoms with Crippen LogP contribution in [0.15, 0.2) is 6.33 Å². The minimum Gasteiger partial charge on any atom is -0.334 e. The minimum absolute atomic E-state index is 0.166. The molecule has 0 spiro atoms. The Bertz CT molecular complexity index is 399. The lowest BCUT2D eigenvalue weighted by Gasteiger charge is -2.31. The van der Waals surface area contributed by atoms with E-state index in [9.17, 15) is 0 Å². The van der Waals surface area contributed by atoms with Crippen molar-refractivity contribution >= 4 is 0 Å². The molecule has 0 aliphatic heterocycles. The standard InChI is InChI=1S/C17H32N2/c1-8-11-12-19-13-18-14(16(4,5)9-2)15(19)17(6,7)10-3/h13H,8-12H2,1-7H3. The molecule has 110 valence electrons. The van der Waals surface area contributed by atoms with Crippen molar-refractivity contribution < 1.29 is 0 Å². The number of rotatable bonds is 7. The Hall–Kier alpha value is -0.790. The molecule has 2 nitrogen and oxygen atoms in total. The Labute approximate surface area is 119 Å². The molecule has 1 rings (SSSR count). The lowest BCUT2D eigenvalue weighted by Crippen LogP contribution is -2.28. The molecule has 1 aromatic heterocycles. The summed E-state index contributed by atoms with van der Waals surface area (Å²) in [7, 11) is 0. The largest absolute Gasteiger partial charge is 0.334 e. The van der Waals surface area contributed by atoms with E-state index < -0.39 is 0 Å². The van der Waals surface area contributed by atoms with Gasteiger partial charge in [0.25, 0.3) is 0 Å². The van der Waals surface area contributed by atoms with Gasteiger partial charge in [-0.15, -0.1) is 0 Å². The van der Waals surface area contributed by atoms with E-state index >= 15 is 0 Å². The summed E-state index contributed by atoms with van der Waals surface area (Å²) in [5, 5.41) is 0. The lowest BCUT2D eigenvalue weighted by atomic mass is 9.77. The van der Waals surface area contributed by atoms with Gasteiger partial charge in [-0.3, -0.25) is 0 Å². The number of hydrogen-bond acceptors (Lipinski definition) is 1. The maximum atomic E-state index is 4.79. The highest BCUT2D eigenvalue weighted by Crippen LogP contribution is 2.37. The molecule has 0 saturated carbocycles. The van der Waals surface area contributed by atoms with Crippen LogP contribution in [0, 0.1) is 0 Å². The van der Waals surface area contributed by atoms with Crippen molar-refractivity contribution in [2.45, 2.75) is 91.5 Å². The second kappa shape index (κ2) is 6.11. The first kappa shape index (κ1) is 16.3. The van der Waals surface area contributed by atoms with Crippen LogP contribution in [-0.2, 0) is 17.4 Å². The molecule has 19 heavy (non-hydrogen) atoms. The number of aryl methyl sites for hydroxylation is 1. The molecular weight excluding hydrogens is 232 g/mol. The second-order valence-electron chi connectivity index (χ2n) is 6.96. The van der Waals surface area contributed by atoms with Gasteiger partial charge in [-0.1, -0.05) is 54.9 Å². The predicted molar refractivity (Wildman–Crippen MR) is 83.8 cm³/mol. The van der Waals surface area contributed by atoms with Crippen molar-refractivity contribution in [3.05, 3.63) is 17.7 Å². The highest BCUT2D eigenvalue weighted by atomic mass is 15.1. The molecule has 0 unspecified atom stereocenters. The van der Waals surface area contributed by atoms with E-state index in [4.69, 9.17) is 4.98 Å². The fourth-order valence-electron chi connectivity index (χ4n) is 2.42. The van der Waals surface area contributed by atoms with E-state index in [-0.39, 0.29) is 10.8 Å². The molecule has 2 heteroatoms. The second-order valence-corrected chi connectivity index (χ2v) is 6.96. The summed E-state index contributed by atoms with van der Waals surface area (Å²) < 4.78 is 2.40. The topological polar surface area (TPSA) is 17.8 Å². The molecule has 0 aliphatic carbocycles. The van der Waals surface area contributed by atoms with Crippen LogP contribution in [0.3, 0.4) is 0 Å². The molecule has 0 N–H and O–H groups in total. The molecule has 0 aliphatic rings. The zero-order valence-corrected chi connectivity index (χ0v) is 14.0. The molecule has 0 fully saturated rings. The van der Waals surface area contributed by atoms with Gasteiger partial charge in [-0.25, -0.2) is 4.98 Å².